The van der Waals surface area contributed by atoms with Crippen LogP contribution in [0, 0.1) is 13.8 Å². The highest BCUT2D eigenvalue weighted by Crippen LogP contribution is 2.22. The molecule has 116 valence electrons. The largest absolute Gasteiger partial charge is 0.322 e. The van der Waals surface area contributed by atoms with Crippen LogP contribution in [0.3, 0.4) is 0 Å². The molecule has 0 fully saturated rings. The Morgan fingerprint density at radius 3 is 2.32 bits per heavy atom. The molecule has 0 aliphatic rings. The lowest BCUT2D eigenvalue weighted by Crippen LogP contribution is -2.15. The Bertz CT molecular complexity index is 844. The SMILES string of the molecule is Cc1ccc(Br)cc1NC(=O)c1cc(S(C)(=O)=O)ccc1C. The summed E-state index contributed by atoms with van der Waals surface area (Å²) in [6, 6.07) is 10.1. The van der Waals surface area contributed by atoms with Gasteiger partial charge in [-0.2, -0.15) is 0 Å². The smallest absolute Gasteiger partial charge is 0.255 e. The van der Waals surface area contributed by atoms with Crippen molar-refractivity contribution in [2.75, 3.05) is 11.6 Å². The average Bonchev–Trinajstić information content (AvgIpc) is 2.42. The zero-order chi connectivity index (χ0) is 16.5. The first-order valence-corrected chi connectivity index (χ1v) is 9.25. The van der Waals surface area contributed by atoms with Gasteiger partial charge < -0.3 is 5.32 Å². The molecular formula is C16H16BrNO3S. The quantitative estimate of drug-likeness (QED) is 0.880. The second-order valence-corrected chi connectivity index (χ2v) is 8.09. The van der Waals surface area contributed by atoms with Crippen LogP contribution in [-0.2, 0) is 9.84 Å². The second-order valence-electron chi connectivity index (χ2n) is 5.16. The third-order valence-electron chi connectivity index (χ3n) is 3.33. The molecule has 4 nitrogen and oxygen atoms in total. The molecule has 2 aromatic carbocycles. The van der Waals surface area contributed by atoms with Crippen LogP contribution < -0.4 is 5.32 Å². The van der Waals surface area contributed by atoms with E-state index < -0.39 is 9.84 Å². The molecule has 0 aliphatic heterocycles. The summed E-state index contributed by atoms with van der Waals surface area (Å²) in [6.45, 7) is 3.66. The maximum absolute atomic E-state index is 12.5. The first-order valence-electron chi connectivity index (χ1n) is 6.56. The number of nitrogens with one attached hydrogen (secondary N) is 1. The predicted octanol–water partition coefficient (Wildman–Crippen LogP) is 3.72. The van der Waals surface area contributed by atoms with Crippen LogP contribution >= 0.6 is 15.9 Å². The van der Waals surface area contributed by atoms with Crippen LogP contribution in [0.25, 0.3) is 0 Å². The standard InChI is InChI=1S/C16H16BrNO3S/c1-10-5-7-13(22(3,20)21)9-14(10)16(19)18-15-8-12(17)6-4-11(15)2/h4-9H,1-3H3,(H,18,19). The van der Waals surface area contributed by atoms with Gasteiger partial charge in [0.1, 0.15) is 0 Å². The van der Waals surface area contributed by atoms with E-state index in [-0.39, 0.29) is 10.8 Å². The Morgan fingerprint density at radius 2 is 1.68 bits per heavy atom. The van der Waals surface area contributed by atoms with E-state index >= 15 is 0 Å². The van der Waals surface area contributed by atoms with E-state index in [1.54, 1.807) is 13.0 Å². The van der Waals surface area contributed by atoms with E-state index in [0.717, 1.165) is 21.9 Å². The minimum atomic E-state index is -3.35. The number of rotatable bonds is 3. The Balaban J connectivity index is 2.39. The molecule has 0 bridgehead atoms. The molecule has 1 N–H and O–H groups in total. The molecule has 0 aliphatic carbocycles. The van der Waals surface area contributed by atoms with Crippen LogP contribution in [0.15, 0.2) is 45.8 Å². The molecule has 0 saturated carbocycles. The highest BCUT2D eigenvalue weighted by Gasteiger charge is 2.15. The highest BCUT2D eigenvalue weighted by atomic mass is 79.9. The second kappa shape index (κ2) is 6.22. The van der Waals surface area contributed by atoms with Crippen LogP contribution in [0.5, 0.6) is 0 Å². The summed E-state index contributed by atoms with van der Waals surface area (Å²) in [7, 11) is -3.35. The number of carbonyl (C=O) groups is 1. The van der Waals surface area contributed by atoms with Gasteiger partial charge in [-0.15, -0.1) is 0 Å². The molecule has 0 spiro atoms. The molecule has 0 heterocycles. The Hall–Kier alpha value is -1.66. The lowest BCUT2D eigenvalue weighted by Gasteiger charge is -2.11. The van der Waals surface area contributed by atoms with Crippen molar-refractivity contribution in [2.24, 2.45) is 0 Å². The summed E-state index contributed by atoms with van der Waals surface area (Å²) >= 11 is 3.36. The molecule has 6 heteroatoms. The highest BCUT2D eigenvalue weighted by molar-refractivity contribution is 9.10. The summed E-state index contributed by atoms with van der Waals surface area (Å²) in [5.74, 6) is -0.329. The molecule has 22 heavy (non-hydrogen) atoms. The van der Waals surface area contributed by atoms with Crippen molar-refractivity contribution in [3.05, 3.63) is 57.6 Å². The van der Waals surface area contributed by atoms with Gasteiger partial charge in [-0.25, -0.2) is 8.42 Å². The minimum absolute atomic E-state index is 0.134. The average molecular weight is 382 g/mol. The van der Waals surface area contributed by atoms with E-state index in [1.165, 1.54) is 12.1 Å². The van der Waals surface area contributed by atoms with E-state index in [4.69, 9.17) is 0 Å². The van der Waals surface area contributed by atoms with Gasteiger partial charge in [-0.05, 0) is 49.2 Å². The van der Waals surface area contributed by atoms with Crippen molar-refractivity contribution >= 4 is 37.4 Å². The lowest BCUT2D eigenvalue weighted by molar-refractivity contribution is 0.102. The van der Waals surface area contributed by atoms with Crippen molar-refractivity contribution in [3.8, 4) is 0 Å². The molecule has 0 unspecified atom stereocenters. The van der Waals surface area contributed by atoms with Gasteiger partial charge in [0.15, 0.2) is 9.84 Å². The van der Waals surface area contributed by atoms with Gasteiger partial charge in [-0.1, -0.05) is 28.1 Å². The zero-order valence-electron chi connectivity index (χ0n) is 12.5. The third kappa shape index (κ3) is 3.75. The number of aryl methyl sites for hydroxylation is 2. The van der Waals surface area contributed by atoms with Crippen LogP contribution in [0.4, 0.5) is 5.69 Å². The normalized spacial score (nSPS) is 11.3. The molecule has 0 saturated heterocycles. The first-order chi connectivity index (χ1) is 10.2. The van der Waals surface area contributed by atoms with Gasteiger partial charge in [0.25, 0.3) is 5.91 Å². The van der Waals surface area contributed by atoms with Gasteiger partial charge >= 0.3 is 0 Å². The molecule has 0 atom stereocenters. The Kier molecular flexibility index (Phi) is 4.72. The van der Waals surface area contributed by atoms with E-state index in [1.807, 2.05) is 25.1 Å². The fourth-order valence-corrected chi connectivity index (χ4v) is 3.00. The van der Waals surface area contributed by atoms with Crippen molar-refractivity contribution in [2.45, 2.75) is 18.7 Å². The molecule has 0 radical (unpaired) electrons. The molecular weight excluding hydrogens is 366 g/mol. The topological polar surface area (TPSA) is 63.2 Å². The van der Waals surface area contributed by atoms with E-state index in [2.05, 4.69) is 21.2 Å². The third-order valence-corrected chi connectivity index (χ3v) is 4.93. The maximum atomic E-state index is 12.5. The van der Waals surface area contributed by atoms with Gasteiger partial charge in [0, 0.05) is 22.0 Å². The van der Waals surface area contributed by atoms with Crippen molar-refractivity contribution in [1.29, 1.82) is 0 Å². The summed E-state index contributed by atoms with van der Waals surface area (Å²) in [4.78, 5) is 12.6. The Morgan fingerprint density at radius 1 is 1.05 bits per heavy atom. The van der Waals surface area contributed by atoms with Crippen molar-refractivity contribution in [3.63, 3.8) is 0 Å². The molecule has 0 aromatic heterocycles. The fourth-order valence-electron chi connectivity index (χ4n) is 1.99. The van der Waals surface area contributed by atoms with Crippen molar-refractivity contribution < 1.29 is 13.2 Å². The monoisotopic (exact) mass is 381 g/mol. The number of carbonyl (C=O) groups excluding carboxylic acids is 1. The van der Waals surface area contributed by atoms with E-state index in [0.29, 0.717) is 11.3 Å². The molecule has 2 aromatic rings. The number of halogens is 1. The maximum Gasteiger partial charge on any atom is 0.255 e. The summed E-state index contributed by atoms with van der Waals surface area (Å²) in [6.07, 6.45) is 1.12. The molecule has 2 rings (SSSR count). The van der Waals surface area contributed by atoms with Crippen LogP contribution in [0.2, 0.25) is 0 Å². The number of hydrogen-bond donors (Lipinski definition) is 1. The minimum Gasteiger partial charge on any atom is -0.322 e. The van der Waals surface area contributed by atoms with Gasteiger partial charge in [-0.3, -0.25) is 4.79 Å². The van der Waals surface area contributed by atoms with Crippen molar-refractivity contribution in [1.82, 2.24) is 0 Å². The summed E-state index contributed by atoms with van der Waals surface area (Å²) < 4.78 is 24.1. The first kappa shape index (κ1) is 16.7. The predicted molar refractivity (Wildman–Crippen MR) is 91.1 cm³/mol. The number of amides is 1. The van der Waals surface area contributed by atoms with Gasteiger partial charge in [0.05, 0.1) is 4.90 Å². The molecule has 1 amide bonds. The van der Waals surface area contributed by atoms with Crippen LogP contribution in [0.1, 0.15) is 21.5 Å². The number of anilines is 1. The van der Waals surface area contributed by atoms with Gasteiger partial charge in [0.2, 0.25) is 0 Å². The van der Waals surface area contributed by atoms with Crippen LogP contribution in [-0.4, -0.2) is 20.6 Å². The zero-order valence-corrected chi connectivity index (χ0v) is 14.9. The summed E-state index contributed by atoms with van der Waals surface area (Å²) in [5, 5.41) is 2.82. The number of hydrogen-bond acceptors (Lipinski definition) is 3. The number of benzene rings is 2. The summed E-state index contributed by atoms with van der Waals surface area (Å²) in [5.41, 5.74) is 2.68. The fraction of sp³-hybridized carbons (Fsp3) is 0.188. The number of sulfone groups is 1. The Labute approximate surface area is 138 Å². The van der Waals surface area contributed by atoms with E-state index in [9.17, 15) is 13.2 Å². The lowest BCUT2D eigenvalue weighted by atomic mass is 10.1.